The van der Waals surface area contributed by atoms with Crippen LogP contribution in [0.15, 0.2) is 36.7 Å². The first-order valence-electron chi connectivity index (χ1n) is 10.1. The zero-order valence-electron chi connectivity index (χ0n) is 17.9. The Morgan fingerprint density at radius 2 is 1.77 bits per heavy atom. The number of carboxylic acid groups (broad SMARTS) is 1. The summed E-state index contributed by atoms with van der Waals surface area (Å²) < 4.78 is 28.8. The molecule has 2 heterocycles. The summed E-state index contributed by atoms with van der Waals surface area (Å²) in [6.45, 7) is 7.57. The first kappa shape index (κ1) is 23.2. The highest BCUT2D eigenvalue weighted by atomic mass is 32.2. The summed E-state index contributed by atoms with van der Waals surface area (Å²) in [5, 5.41) is 9.06. The van der Waals surface area contributed by atoms with Crippen molar-refractivity contribution >= 4 is 23.4 Å². The van der Waals surface area contributed by atoms with Crippen LogP contribution >= 0.6 is 0 Å². The molecule has 1 unspecified atom stereocenters. The van der Waals surface area contributed by atoms with Crippen molar-refractivity contribution in [2.75, 3.05) is 31.1 Å². The molecular formula is C21H28FN5O3S. The number of anilines is 1. The molecule has 2 N–H and O–H groups in total. The number of nitrogens with one attached hydrogen (secondary N) is 1. The van der Waals surface area contributed by atoms with E-state index < -0.39 is 22.2 Å². The van der Waals surface area contributed by atoms with Crippen LogP contribution in [0.25, 0.3) is 0 Å². The van der Waals surface area contributed by atoms with Gasteiger partial charge in [-0.2, -0.15) is 0 Å². The number of piperazine rings is 1. The molecule has 10 heteroatoms. The summed E-state index contributed by atoms with van der Waals surface area (Å²) in [5.74, 6) is 0.230. The molecule has 2 aromatic rings. The fraction of sp³-hybridized carbons (Fsp3) is 0.476. The molecule has 1 aromatic heterocycles. The monoisotopic (exact) mass is 449 g/mol. The molecule has 1 amide bonds. The third-order valence-electron chi connectivity index (χ3n) is 5.04. The Morgan fingerprint density at radius 1 is 1.19 bits per heavy atom. The van der Waals surface area contributed by atoms with E-state index in [2.05, 4.69) is 14.7 Å². The molecule has 0 saturated carbocycles. The van der Waals surface area contributed by atoms with Gasteiger partial charge < -0.3 is 19.5 Å². The Labute approximate surface area is 184 Å². The molecule has 168 valence electrons. The largest absolute Gasteiger partial charge is 0.598 e. The quantitative estimate of drug-likeness (QED) is 0.654. The minimum absolute atomic E-state index is 0.297. The number of benzene rings is 1. The second-order valence-corrected chi connectivity index (χ2v) is 10.5. The van der Waals surface area contributed by atoms with Gasteiger partial charge in [0.1, 0.15) is 10.6 Å². The third kappa shape index (κ3) is 6.28. The van der Waals surface area contributed by atoms with Crippen molar-refractivity contribution in [3.05, 3.63) is 53.6 Å². The maximum Gasteiger partial charge on any atom is 0.407 e. The first-order valence-corrected chi connectivity index (χ1v) is 11.3. The predicted molar refractivity (Wildman–Crippen MR) is 118 cm³/mol. The van der Waals surface area contributed by atoms with Crippen molar-refractivity contribution in [2.24, 2.45) is 0 Å². The van der Waals surface area contributed by atoms with Gasteiger partial charge in [0.2, 0.25) is 5.95 Å². The number of hydrogen-bond acceptors (Lipinski definition) is 6. The van der Waals surface area contributed by atoms with E-state index in [1.165, 1.54) is 17.0 Å². The Bertz CT molecular complexity index is 868. The van der Waals surface area contributed by atoms with Gasteiger partial charge in [-0.1, -0.05) is 12.1 Å². The van der Waals surface area contributed by atoms with Crippen molar-refractivity contribution in [3.63, 3.8) is 0 Å². The van der Waals surface area contributed by atoms with Crippen molar-refractivity contribution in [1.29, 1.82) is 0 Å². The normalized spacial score (nSPS) is 16.8. The van der Waals surface area contributed by atoms with Crippen molar-refractivity contribution in [3.8, 4) is 0 Å². The number of amides is 1. The second kappa shape index (κ2) is 9.80. The molecule has 1 aromatic carbocycles. The summed E-state index contributed by atoms with van der Waals surface area (Å²) >= 11 is -1.31. The molecule has 1 fully saturated rings. The van der Waals surface area contributed by atoms with Crippen LogP contribution < -0.4 is 9.62 Å². The van der Waals surface area contributed by atoms with Crippen LogP contribution in [0.2, 0.25) is 0 Å². The van der Waals surface area contributed by atoms with Gasteiger partial charge in [0.25, 0.3) is 0 Å². The van der Waals surface area contributed by atoms with E-state index in [0.717, 1.165) is 11.1 Å². The summed E-state index contributed by atoms with van der Waals surface area (Å²) in [6.07, 6.45) is 3.03. The number of rotatable bonds is 6. The number of carbonyl (C=O) groups is 1. The molecule has 0 spiro atoms. The number of aromatic nitrogens is 2. The van der Waals surface area contributed by atoms with Gasteiger partial charge >= 0.3 is 6.09 Å². The molecule has 0 aliphatic carbocycles. The van der Waals surface area contributed by atoms with Gasteiger partial charge in [0.05, 0.1) is 6.04 Å². The van der Waals surface area contributed by atoms with E-state index in [0.29, 0.717) is 38.5 Å². The average molecular weight is 450 g/mol. The molecular weight excluding hydrogens is 421 g/mol. The average Bonchev–Trinajstić information content (AvgIpc) is 2.74. The van der Waals surface area contributed by atoms with Crippen LogP contribution in [0.5, 0.6) is 0 Å². The lowest BCUT2D eigenvalue weighted by Crippen LogP contribution is -2.48. The van der Waals surface area contributed by atoms with Crippen LogP contribution in [0.1, 0.15) is 37.9 Å². The maximum absolute atomic E-state index is 13.4. The van der Waals surface area contributed by atoms with Gasteiger partial charge in [0, 0.05) is 49.9 Å². The molecule has 2 atom stereocenters. The minimum Gasteiger partial charge on any atom is -0.598 e. The molecule has 31 heavy (non-hydrogen) atoms. The molecule has 0 bridgehead atoms. The van der Waals surface area contributed by atoms with Crippen molar-refractivity contribution in [2.45, 2.75) is 38.0 Å². The van der Waals surface area contributed by atoms with E-state index in [4.69, 9.17) is 5.11 Å². The predicted octanol–water partition coefficient (Wildman–Crippen LogP) is 2.75. The zero-order chi connectivity index (χ0) is 22.6. The van der Waals surface area contributed by atoms with Crippen LogP contribution in [0, 0.1) is 5.82 Å². The van der Waals surface area contributed by atoms with Crippen LogP contribution in [-0.2, 0) is 17.8 Å². The maximum atomic E-state index is 13.4. The Morgan fingerprint density at radius 3 is 2.29 bits per heavy atom. The molecule has 0 radical (unpaired) electrons. The highest BCUT2D eigenvalue weighted by molar-refractivity contribution is 7.90. The van der Waals surface area contributed by atoms with Gasteiger partial charge in [-0.3, -0.25) is 0 Å². The van der Waals surface area contributed by atoms with Gasteiger partial charge in [-0.05, 0) is 50.5 Å². The molecule has 1 aliphatic heterocycles. The van der Waals surface area contributed by atoms with Gasteiger partial charge in [-0.15, -0.1) is 4.72 Å². The summed E-state index contributed by atoms with van der Waals surface area (Å²) in [6, 6.07) is 5.85. The number of halogens is 1. The summed E-state index contributed by atoms with van der Waals surface area (Å²) in [4.78, 5) is 23.3. The lowest BCUT2D eigenvalue weighted by Gasteiger charge is -2.33. The zero-order valence-corrected chi connectivity index (χ0v) is 18.7. The van der Waals surface area contributed by atoms with Crippen LogP contribution in [0.4, 0.5) is 15.1 Å². The molecule has 1 aliphatic rings. The van der Waals surface area contributed by atoms with E-state index in [1.54, 1.807) is 24.5 Å². The topological polar surface area (TPSA) is 105 Å². The van der Waals surface area contributed by atoms with Crippen molar-refractivity contribution < 1.29 is 18.8 Å². The molecule has 8 nitrogen and oxygen atoms in total. The summed E-state index contributed by atoms with van der Waals surface area (Å²) in [5.41, 5.74) is 1.67. The Balaban J connectivity index is 1.70. The minimum atomic E-state index is -1.31. The van der Waals surface area contributed by atoms with E-state index in [9.17, 15) is 13.7 Å². The van der Waals surface area contributed by atoms with E-state index >= 15 is 0 Å². The van der Waals surface area contributed by atoms with Crippen LogP contribution in [0.3, 0.4) is 0 Å². The standard InChI is InChI=1S/C21H28FN5O3S/c1-21(2,3)31(30)25-18(16-4-6-17(22)7-5-16)12-15-13-23-19(24-14-15)26-8-10-27(11-9-26)20(28)29/h4-7,13-14,18,25H,8-12H2,1-3H3,(H,28,29)/t18-,31?/m0/s1. The van der Waals surface area contributed by atoms with E-state index in [-0.39, 0.29) is 11.9 Å². The SMILES string of the molecule is CC(C)(C)[S+]([O-])N[C@@H](Cc1cnc(N2CCN(C(=O)O)CC2)nc1)c1ccc(F)cc1. The summed E-state index contributed by atoms with van der Waals surface area (Å²) in [7, 11) is 0. The Kier molecular flexibility index (Phi) is 7.34. The molecule has 1 saturated heterocycles. The van der Waals surface area contributed by atoms with Crippen molar-refractivity contribution in [1.82, 2.24) is 19.6 Å². The lowest BCUT2D eigenvalue weighted by molar-refractivity contribution is 0.142. The fourth-order valence-corrected chi connectivity index (χ4v) is 4.01. The third-order valence-corrected chi connectivity index (χ3v) is 6.65. The number of hydrogen-bond donors (Lipinski definition) is 2. The second-order valence-electron chi connectivity index (χ2n) is 8.46. The smallest absolute Gasteiger partial charge is 0.407 e. The lowest BCUT2D eigenvalue weighted by atomic mass is 10.0. The molecule has 3 rings (SSSR count). The first-order chi connectivity index (χ1) is 14.6. The number of nitrogens with zero attached hydrogens (tertiary/aromatic N) is 4. The fourth-order valence-electron chi connectivity index (χ4n) is 3.18. The highest BCUT2D eigenvalue weighted by Crippen LogP contribution is 2.24. The Hall–Kier alpha value is -2.43. The van der Waals surface area contributed by atoms with E-state index in [1.807, 2.05) is 25.7 Å². The van der Waals surface area contributed by atoms with Crippen LogP contribution in [-0.4, -0.2) is 61.5 Å². The van der Waals surface area contributed by atoms with Gasteiger partial charge in [-0.25, -0.2) is 19.2 Å². The highest BCUT2D eigenvalue weighted by Gasteiger charge is 2.30. The van der Waals surface area contributed by atoms with Gasteiger partial charge in [0.15, 0.2) is 0 Å².